The molecule has 0 saturated carbocycles. The first-order valence-electron chi connectivity index (χ1n) is 3.00. The lowest BCUT2D eigenvalue weighted by atomic mass is 10.3. The predicted octanol–water partition coefficient (Wildman–Crippen LogP) is 2.04. The van der Waals surface area contributed by atoms with Crippen LogP contribution in [-0.2, 0) is 0 Å². The molecule has 0 fully saturated rings. The number of rotatable bonds is 2. The minimum Gasteiger partial charge on any atom is -0.478 e. The zero-order chi connectivity index (χ0) is 8.10. The summed E-state index contributed by atoms with van der Waals surface area (Å²) in [6.45, 7) is 0.0398. The lowest BCUT2D eigenvalue weighted by molar-refractivity contribution is 0.367. The number of hydrogen-bond donors (Lipinski definition) is 0. The molecule has 0 N–H and O–H groups in total. The summed E-state index contributed by atoms with van der Waals surface area (Å²) in [5.74, 6) is 0.538. The summed E-state index contributed by atoms with van der Waals surface area (Å²) in [5, 5.41) is 8.77. The van der Waals surface area contributed by atoms with Gasteiger partial charge in [0.2, 0.25) is 0 Å². The van der Waals surface area contributed by atoms with Gasteiger partial charge in [-0.3, -0.25) is 0 Å². The highest BCUT2D eigenvalue weighted by Crippen LogP contribution is 2.14. The molecule has 0 aromatic heterocycles. The average Bonchev–Trinajstić information content (AvgIpc) is 2.04. The smallest absolute Gasteiger partial charge is 0.174 e. The van der Waals surface area contributed by atoms with Gasteiger partial charge >= 0.3 is 0 Å². The van der Waals surface area contributed by atoms with E-state index in [1.165, 1.54) is 0 Å². The zero-order valence-electron chi connectivity index (χ0n) is 5.67. The maximum atomic E-state index is 8.17. The van der Waals surface area contributed by atoms with Crippen molar-refractivity contribution in [2.45, 2.75) is 0 Å². The van der Waals surface area contributed by atoms with Crippen LogP contribution in [0.5, 0.6) is 5.75 Å². The Morgan fingerprint density at radius 3 is 3.00 bits per heavy atom. The van der Waals surface area contributed by atoms with Gasteiger partial charge in [0, 0.05) is 11.1 Å². The van der Waals surface area contributed by atoms with Crippen LogP contribution < -0.4 is 4.74 Å². The second kappa shape index (κ2) is 3.85. The Morgan fingerprint density at radius 2 is 2.45 bits per heavy atom. The quantitative estimate of drug-likeness (QED) is 0.674. The van der Waals surface area contributed by atoms with Gasteiger partial charge in [-0.1, -0.05) is 11.6 Å². The van der Waals surface area contributed by atoms with E-state index in [2.05, 4.69) is 6.07 Å². The van der Waals surface area contributed by atoms with Gasteiger partial charge in [0.05, 0.1) is 0 Å². The van der Waals surface area contributed by atoms with Crippen molar-refractivity contribution in [1.29, 1.82) is 5.26 Å². The molecule has 2 nitrogen and oxygen atoms in total. The highest BCUT2D eigenvalue weighted by atomic mass is 35.5. The summed E-state index contributed by atoms with van der Waals surface area (Å²) in [5.41, 5.74) is 0. The van der Waals surface area contributed by atoms with E-state index in [1.54, 1.807) is 18.2 Å². The second-order valence-corrected chi connectivity index (χ2v) is 2.25. The fourth-order valence-electron chi connectivity index (χ4n) is 0.591. The predicted molar refractivity (Wildman–Crippen MR) is 41.4 cm³/mol. The van der Waals surface area contributed by atoms with Crippen molar-refractivity contribution < 1.29 is 4.74 Å². The second-order valence-electron chi connectivity index (χ2n) is 1.82. The van der Waals surface area contributed by atoms with Crippen LogP contribution in [0.1, 0.15) is 0 Å². The Hall–Kier alpha value is -1.20. The molecular formula is C8H5ClNO. The largest absolute Gasteiger partial charge is 0.478 e. The van der Waals surface area contributed by atoms with Crippen molar-refractivity contribution in [3.8, 4) is 11.8 Å². The molecule has 0 atom stereocenters. The Balaban J connectivity index is 2.60. The molecule has 1 aromatic carbocycles. The van der Waals surface area contributed by atoms with E-state index in [0.717, 1.165) is 0 Å². The Morgan fingerprint density at radius 1 is 1.64 bits per heavy atom. The molecule has 0 aliphatic heterocycles. The van der Waals surface area contributed by atoms with Crippen LogP contribution in [0.15, 0.2) is 18.2 Å². The molecule has 0 amide bonds. The van der Waals surface area contributed by atoms with Crippen molar-refractivity contribution in [3.63, 3.8) is 0 Å². The maximum absolute atomic E-state index is 8.17. The van der Waals surface area contributed by atoms with E-state index in [9.17, 15) is 0 Å². The average molecular weight is 167 g/mol. The normalized spacial score (nSPS) is 8.73. The van der Waals surface area contributed by atoms with Gasteiger partial charge in [0.1, 0.15) is 11.8 Å². The number of halogens is 1. The van der Waals surface area contributed by atoms with Crippen molar-refractivity contribution in [1.82, 2.24) is 0 Å². The van der Waals surface area contributed by atoms with Crippen LogP contribution in [0.4, 0.5) is 0 Å². The summed E-state index contributed by atoms with van der Waals surface area (Å²) in [6, 6.07) is 9.56. The number of ether oxygens (including phenoxy) is 1. The number of nitrogens with zero attached hydrogens (tertiary/aromatic N) is 1. The van der Waals surface area contributed by atoms with Gasteiger partial charge in [-0.15, -0.1) is 0 Å². The highest BCUT2D eigenvalue weighted by Gasteiger charge is 1.91. The van der Waals surface area contributed by atoms with Crippen LogP contribution >= 0.6 is 11.6 Å². The van der Waals surface area contributed by atoms with Crippen LogP contribution in [0.3, 0.4) is 0 Å². The monoisotopic (exact) mass is 166 g/mol. The molecule has 0 aliphatic rings. The Labute approximate surface area is 70.0 Å². The molecule has 0 spiro atoms. The molecule has 1 radical (unpaired) electrons. The Bertz CT molecular complexity index is 262. The van der Waals surface area contributed by atoms with Crippen molar-refractivity contribution >= 4 is 11.6 Å². The van der Waals surface area contributed by atoms with E-state index in [1.807, 2.05) is 6.07 Å². The summed E-state index contributed by atoms with van der Waals surface area (Å²) < 4.78 is 4.93. The zero-order valence-corrected chi connectivity index (χ0v) is 6.43. The molecule has 11 heavy (non-hydrogen) atoms. The molecule has 0 heterocycles. The van der Waals surface area contributed by atoms with Crippen LogP contribution in [0.2, 0.25) is 5.02 Å². The molecule has 0 unspecified atom stereocenters. The van der Waals surface area contributed by atoms with E-state index in [-0.39, 0.29) is 6.61 Å². The van der Waals surface area contributed by atoms with Gasteiger partial charge in [-0.05, 0) is 18.2 Å². The molecule has 0 bridgehead atoms. The fourth-order valence-corrected chi connectivity index (χ4v) is 0.709. The number of benzene rings is 1. The van der Waals surface area contributed by atoms with Crippen LogP contribution in [0.25, 0.3) is 0 Å². The topological polar surface area (TPSA) is 33.0 Å². The lowest BCUT2D eigenvalue weighted by Crippen LogP contribution is -1.92. The van der Waals surface area contributed by atoms with Gasteiger partial charge in [-0.25, -0.2) is 0 Å². The minimum absolute atomic E-state index is 0.0398. The van der Waals surface area contributed by atoms with Gasteiger partial charge < -0.3 is 4.74 Å². The van der Waals surface area contributed by atoms with Gasteiger partial charge in [0.25, 0.3) is 0 Å². The molecule has 55 valence electrons. The number of nitriles is 1. The summed E-state index contributed by atoms with van der Waals surface area (Å²) >= 11 is 5.59. The standard InChI is InChI=1S/C8H5ClNO/c9-7-1-3-8(4-2-7)11-6-5-10/h1-3H,6H2. The van der Waals surface area contributed by atoms with Crippen molar-refractivity contribution in [3.05, 3.63) is 29.3 Å². The first kappa shape index (κ1) is 7.90. The molecule has 0 saturated heterocycles. The van der Waals surface area contributed by atoms with E-state index >= 15 is 0 Å². The van der Waals surface area contributed by atoms with Crippen molar-refractivity contribution in [2.75, 3.05) is 6.61 Å². The summed E-state index contributed by atoms with van der Waals surface area (Å²) in [7, 11) is 0. The van der Waals surface area contributed by atoms with Gasteiger partial charge in [0.15, 0.2) is 6.61 Å². The molecule has 3 heteroatoms. The Kier molecular flexibility index (Phi) is 2.76. The summed E-state index contributed by atoms with van der Waals surface area (Å²) in [6.07, 6.45) is 0. The van der Waals surface area contributed by atoms with Crippen LogP contribution in [-0.4, -0.2) is 6.61 Å². The van der Waals surface area contributed by atoms with E-state index in [0.29, 0.717) is 10.8 Å². The third kappa shape index (κ3) is 2.48. The lowest BCUT2D eigenvalue weighted by Gasteiger charge is -1.98. The molecule has 1 aromatic rings. The molecule has 0 aliphatic carbocycles. The highest BCUT2D eigenvalue weighted by molar-refractivity contribution is 6.30. The van der Waals surface area contributed by atoms with E-state index < -0.39 is 0 Å². The molecule has 1 rings (SSSR count). The minimum atomic E-state index is 0.0398. The first-order chi connectivity index (χ1) is 5.33. The number of hydrogen-bond acceptors (Lipinski definition) is 2. The van der Waals surface area contributed by atoms with Crippen molar-refractivity contribution in [2.24, 2.45) is 0 Å². The molecular weight excluding hydrogens is 162 g/mol. The summed E-state index contributed by atoms with van der Waals surface area (Å²) in [4.78, 5) is 0. The third-order valence-electron chi connectivity index (χ3n) is 1.04. The first-order valence-corrected chi connectivity index (χ1v) is 3.37. The van der Waals surface area contributed by atoms with Crippen LogP contribution in [0, 0.1) is 17.4 Å². The SMILES string of the molecule is N#CCOc1[c]cc(Cl)cc1. The third-order valence-corrected chi connectivity index (χ3v) is 1.27. The fraction of sp³-hybridized carbons (Fsp3) is 0.125. The van der Waals surface area contributed by atoms with E-state index in [4.69, 9.17) is 21.6 Å². The maximum Gasteiger partial charge on any atom is 0.174 e. The van der Waals surface area contributed by atoms with Gasteiger partial charge in [-0.2, -0.15) is 5.26 Å².